The van der Waals surface area contributed by atoms with Crippen LogP contribution in [0, 0.1) is 26.2 Å². The Kier molecular flexibility index (Phi) is 4.23. The maximum absolute atomic E-state index is 5.42. The molecule has 15 heavy (non-hydrogen) atoms. The van der Waals surface area contributed by atoms with Crippen molar-refractivity contribution < 1.29 is 0 Å². The molecule has 0 heterocycles. The van der Waals surface area contributed by atoms with Crippen LogP contribution in [-0.4, -0.2) is 6.04 Å². The fourth-order valence-electron chi connectivity index (χ4n) is 1.49. The van der Waals surface area contributed by atoms with Gasteiger partial charge in [-0.25, -0.2) is 0 Å². The molecule has 0 fully saturated rings. The number of benzene rings is 1. The Morgan fingerprint density at radius 2 is 1.93 bits per heavy atom. The lowest BCUT2D eigenvalue weighted by Gasteiger charge is -2.14. The zero-order valence-electron chi connectivity index (χ0n) is 9.39. The van der Waals surface area contributed by atoms with Gasteiger partial charge in [-0.1, -0.05) is 28.8 Å². The number of aryl methyl sites for hydroxylation is 2. The average molecular weight is 266 g/mol. The summed E-state index contributed by atoms with van der Waals surface area (Å²) in [7, 11) is 0. The molecule has 1 aromatic carbocycles. The summed E-state index contributed by atoms with van der Waals surface area (Å²) in [6.45, 7) is 6.24. The molecule has 0 saturated carbocycles. The van der Waals surface area contributed by atoms with Crippen LogP contribution in [0.4, 0.5) is 5.69 Å². The summed E-state index contributed by atoms with van der Waals surface area (Å²) < 4.78 is 1.17. The van der Waals surface area contributed by atoms with E-state index in [1.807, 2.05) is 0 Å². The van der Waals surface area contributed by atoms with Crippen LogP contribution in [0.5, 0.6) is 0 Å². The van der Waals surface area contributed by atoms with E-state index in [1.54, 1.807) is 0 Å². The number of anilines is 1. The van der Waals surface area contributed by atoms with Crippen LogP contribution in [0.3, 0.4) is 0 Å². The minimum absolute atomic E-state index is 0.116. The molecule has 0 aromatic heterocycles. The Balaban J connectivity index is 2.93. The third-order valence-corrected chi connectivity index (χ3v) is 3.64. The molecule has 0 aliphatic rings. The van der Waals surface area contributed by atoms with Crippen LogP contribution in [-0.2, 0) is 0 Å². The van der Waals surface area contributed by atoms with Gasteiger partial charge in [-0.2, -0.15) is 0 Å². The first-order chi connectivity index (χ1) is 7.08. The van der Waals surface area contributed by atoms with Crippen molar-refractivity contribution in [2.24, 2.45) is 0 Å². The summed E-state index contributed by atoms with van der Waals surface area (Å²) in [5, 5.41) is 3.33. The zero-order chi connectivity index (χ0) is 11.4. The van der Waals surface area contributed by atoms with Gasteiger partial charge in [-0.3, -0.25) is 0 Å². The Bertz CT molecular complexity index is 367. The van der Waals surface area contributed by atoms with E-state index in [9.17, 15) is 0 Å². The Morgan fingerprint density at radius 3 is 2.33 bits per heavy atom. The lowest BCUT2D eigenvalue weighted by Crippen LogP contribution is -2.15. The maximum atomic E-state index is 5.42. The van der Waals surface area contributed by atoms with Gasteiger partial charge in [0.25, 0.3) is 0 Å². The SMILES string of the molecule is C#CC(CC)Nc1cc(C)c(Br)c(C)c1. The molecule has 0 amide bonds. The second-order valence-electron chi connectivity index (χ2n) is 3.70. The van der Waals surface area contributed by atoms with Crippen molar-refractivity contribution >= 4 is 21.6 Å². The number of hydrogen-bond donors (Lipinski definition) is 1. The lowest BCUT2D eigenvalue weighted by molar-refractivity contribution is 0.857. The number of nitrogens with one attached hydrogen (secondary N) is 1. The van der Waals surface area contributed by atoms with Gasteiger partial charge in [0.1, 0.15) is 0 Å². The average Bonchev–Trinajstić information content (AvgIpc) is 2.22. The van der Waals surface area contributed by atoms with E-state index in [1.165, 1.54) is 15.6 Å². The third kappa shape index (κ3) is 3.00. The fraction of sp³-hybridized carbons (Fsp3) is 0.385. The Hall–Kier alpha value is -0.940. The molecule has 1 nitrogen and oxygen atoms in total. The van der Waals surface area contributed by atoms with Crippen molar-refractivity contribution in [2.45, 2.75) is 33.2 Å². The second kappa shape index (κ2) is 5.23. The van der Waals surface area contributed by atoms with E-state index in [-0.39, 0.29) is 6.04 Å². The second-order valence-corrected chi connectivity index (χ2v) is 4.49. The molecular formula is C13H16BrN. The quantitative estimate of drug-likeness (QED) is 0.818. The largest absolute Gasteiger partial charge is 0.372 e. The third-order valence-electron chi connectivity index (χ3n) is 2.39. The number of halogens is 1. The molecule has 1 N–H and O–H groups in total. The van der Waals surface area contributed by atoms with Crippen LogP contribution in [0.15, 0.2) is 16.6 Å². The first-order valence-electron chi connectivity index (χ1n) is 5.08. The minimum atomic E-state index is 0.116. The highest BCUT2D eigenvalue weighted by molar-refractivity contribution is 9.10. The summed E-state index contributed by atoms with van der Waals surface area (Å²) in [5.74, 6) is 2.73. The number of terminal acetylenes is 1. The molecule has 1 aromatic rings. The minimum Gasteiger partial charge on any atom is -0.372 e. The molecule has 0 bridgehead atoms. The van der Waals surface area contributed by atoms with Crippen LogP contribution in [0.1, 0.15) is 24.5 Å². The molecule has 1 unspecified atom stereocenters. The highest BCUT2D eigenvalue weighted by Gasteiger charge is 2.05. The predicted octanol–water partition coefficient (Wildman–Crippen LogP) is 3.89. The topological polar surface area (TPSA) is 12.0 Å². The van der Waals surface area contributed by atoms with Gasteiger partial charge in [0, 0.05) is 10.2 Å². The fourth-order valence-corrected chi connectivity index (χ4v) is 1.72. The smallest absolute Gasteiger partial charge is 0.0871 e. The molecule has 0 saturated heterocycles. The molecule has 2 heteroatoms. The van der Waals surface area contributed by atoms with Gasteiger partial charge in [-0.15, -0.1) is 6.42 Å². The highest BCUT2D eigenvalue weighted by atomic mass is 79.9. The normalized spacial score (nSPS) is 11.9. The summed E-state index contributed by atoms with van der Waals surface area (Å²) in [4.78, 5) is 0. The monoisotopic (exact) mass is 265 g/mol. The van der Waals surface area contributed by atoms with E-state index in [0.29, 0.717) is 0 Å². The van der Waals surface area contributed by atoms with Crippen molar-refractivity contribution in [1.82, 2.24) is 0 Å². The van der Waals surface area contributed by atoms with Crippen LogP contribution in [0.25, 0.3) is 0 Å². The van der Waals surface area contributed by atoms with Gasteiger partial charge in [0.2, 0.25) is 0 Å². The van der Waals surface area contributed by atoms with E-state index < -0.39 is 0 Å². The van der Waals surface area contributed by atoms with Gasteiger partial charge in [-0.05, 0) is 43.5 Å². The van der Waals surface area contributed by atoms with Crippen molar-refractivity contribution in [3.05, 3.63) is 27.7 Å². The van der Waals surface area contributed by atoms with Gasteiger partial charge < -0.3 is 5.32 Å². The molecule has 0 aliphatic heterocycles. The number of rotatable bonds is 3. The Morgan fingerprint density at radius 1 is 1.40 bits per heavy atom. The van der Waals surface area contributed by atoms with Crippen LogP contribution in [0.2, 0.25) is 0 Å². The lowest BCUT2D eigenvalue weighted by atomic mass is 10.1. The van der Waals surface area contributed by atoms with Crippen LogP contribution >= 0.6 is 15.9 Å². The highest BCUT2D eigenvalue weighted by Crippen LogP contribution is 2.25. The van der Waals surface area contributed by atoms with Crippen molar-refractivity contribution in [3.63, 3.8) is 0 Å². The van der Waals surface area contributed by atoms with Gasteiger partial charge in [0.05, 0.1) is 6.04 Å². The van der Waals surface area contributed by atoms with Gasteiger partial charge in [0.15, 0.2) is 0 Å². The zero-order valence-corrected chi connectivity index (χ0v) is 11.0. The molecular weight excluding hydrogens is 250 g/mol. The summed E-state index contributed by atoms with van der Waals surface area (Å²) >= 11 is 3.55. The van der Waals surface area contributed by atoms with Crippen LogP contribution < -0.4 is 5.32 Å². The first-order valence-corrected chi connectivity index (χ1v) is 5.87. The molecule has 0 radical (unpaired) electrons. The van der Waals surface area contributed by atoms with E-state index in [2.05, 4.69) is 60.1 Å². The number of hydrogen-bond acceptors (Lipinski definition) is 1. The standard InChI is InChI=1S/C13H16BrN/c1-5-11(6-2)15-12-7-9(3)13(14)10(4)8-12/h1,7-8,11,15H,6H2,2-4H3. The molecule has 0 spiro atoms. The maximum Gasteiger partial charge on any atom is 0.0871 e. The molecule has 1 rings (SSSR count). The predicted molar refractivity (Wildman–Crippen MR) is 70.2 cm³/mol. The van der Waals surface area contributed by atoms with E-state index >= 15 is 0 Å². The summed E-state index contributed by atoms with van der Waals surface area (Å²) in [5.41, 5.74) is 3.55. The van der Waals surface area contributed by atoms with Crippen molar-refractivity contribution in [3.8, 4) is 12.3 Å². The molecule has 0 aliphatic carbocycles. The van der Waals surface area contributed by atoms with E-state index in [0.717, 1.165) is 12.1 Å². The molecule has 1 atom stereocenters. The summed E-state index contributed by atoms with van der Waals surface area (Å²) in [6, 6.07) is 4.33. The first kappa shape index (κ1) is 12.1. The Labute approximate surface area is 100 Å². The van der Waals surface area contributed by atoms with Crippen molar-refractivity contribution in [1.29, 1.82) is 0 Å². The molecule has 80 valence electrons. The van der Waals surface area contributed by atoms with E-state index in [4.69, 9.17) is 6.42 Å². The summed E-state index contributed by atoms with van der Waals surface area (Å²) in [6.07, 6.45) is 6.35. The van der Waals surface area contributed by atoms with Gasteiger partial charge >= 0.3 is 0 Å². The van der Waals surface area contributed by atoms with Crippen molar-refractivity contribution in [2.75, 3.05) is 5.32 Å².